The van der Waals surface area contributed by atoms with E-state index in [0.717, 1.165) is 19.3 Å². The van der Waals surface area contributed by atoms with Gasteiger partial charge in [-0.05, 0) is 53.0 Å². The van der Waals surface area contributed by atoms with E-state index in [-0.39, 0.29) is 16.2 Å². The van der Waals surface area contributed by atoms with Crippen molar-refractivity contribution in [2.75, 3.05) is 13.1 Å². The van der Waals surface area contributed by atoms with Gasteiger partial charge >= 0.3 is 5.97 Å². The van der Waals surface area contributed by atoms with Crippen molar-refractivity contribution in [2.24, 2.45) is 0 Å². The average molecular weight is 425 g/mol. The summed E-state index contributed by atoms with van der Waals surface area (Å²) in [6, 6.07) is 9.33. The lowest BCUT2D eigenvalue weighted by atomic mass is 10.2. The first kappa shape index (κ1) is 18.0. The topological polar surface area (TPSA) is 76.6 Å². The van der Waals surface area contributed by atoms with Crippen molar-refractivity contribution < 1.29 is 17.9 Å². The highest BCUT2D eigenvalue weighted by atomic mass is 79.9. The van der Waals surface area contributed by atoms with Gasteiger partial charge in [0.25, 0.3) is 0 Å². The molecule has 0 amide bonds. The smallest absolute Gasteiger partial charge is 0.345 e. The lowest BCUT2D eigenvalue weighted by Crippen LogP contribution is -2.36. The molecule has 3 rings (SSSR count). The first-order valence-electron chi connectivity index (χ1n) is 7.92. The SMILES string of the molecule is O=C(Oc1cccnc1Br)c1ccccc1S(=O)(=O)N1CCCCC1. The van der Waals surface area contributed by atoms with Crippen LogP contribution in [-0.2, 0) is 10.0 Å². The Bertz CT molecular complexity index is 880. The van der Waals surface area contributed by atoms with Crippen molar-refractivity contribution >= 4 is 31.9 Å². The van der Waals surface area contributed by atoms with Gasteiger partial charge in [0.15, 0.2) is 5.75 Å². The summed E-state index contributed by atoms with van der Waals surface area (Å²) in [4.78, 5) is 16.5. The summed E-state index contributed by atoms with van der Waals surface area (Å²) in [5.41, 5.74) is 0.0174. The minimum absolute atomic E-state index is 0.0174. The molecule has 0 unspecified atom stereocenters. The molecule has 1 aliphatic heterocycles. The number of pyridine rings is 1. The Morgan fingerprint density at radius 2 is 1.80 bits per heavy atom. The molecule has 2 heterocycles. The minimum Gasteiger partial charge on any atom is -0.420 e. The van der Waals surface area contributed by atoms with E-state index in [1.165, 1.54) is 16.4 Å². The lowest BCUT2D eigenvalue weighted by molar-refractivity contribution is 0.0728. The van der Waals surface area contributed by atoms with E-state index >= 15 is 0 Å². The maximum Gasteiger partial charge on any atom is 0.345 e. The van der Waals surface area contributed by atoms with Gasteiger partial charge in [0, 0.05) is 19.3 Å². The second-order valence-corrected chi connectivity index (χ2v) is 8.30. The molecule has 132 valence electrons. The summed E-state index contributed by atoms with van der Waals surface area (Å²) < 4.78 is 33.0. The van der Waals surface area contributed by atoms with Gasteiger partial charge < -0.3 is 4.74 Å². The fourth-order valence-corrected chi connectivity index (χ4v) is 4.74. The molecule has 0 bridgehead atoms. The summed E-state index contributed by atoms with van der Waals surface area (Å²) >= 11 is 3.20. The number of piperidine rings is 1. The molecule has 25 heavy (non-hydrogen) atoms. The summed E-state index contributed by atoms with van der Waals surface area (Å²) in [6.45, 7) is 0.944. The molecule has 1 fully saturated rings. The molecule has 1 aliphatic rings. The molecule has 0 saturated carbocycles. The van der Waals surface area contributed by atoms with Crippen LogP contribution >= 0.6 is 15.9 Å². The molecule has 1 aromatic carbocycles. The van der Waals surface area contributed by atoms with E-state index in [1.807, 2.05) is 0 Å². The van der Waals surface area contributed by atoms with Crippen molar-refractivity contribution in [1.29, 1.82) is 0 Å². The third-order valence-electron chi connectivity index (χ3n) is 3.97. The largest absolute Gasteiger partial charge is 0.420 e. The monoisotopic (exact) mass is 424 g/mol. The molecular weight excluding hydrogens is 408 g/mol. The van der Waals surface area contributed by atoms with E-state index in [0.29, 0.717) is 17.7 Å². The van der Waals surface area contributed by atoms with Crippen LogP contribution in [0.1, 0.15) is 29.6 Å². The van der Waals surface area contributed by atoms with Crippen LogP contribution in [0.4, 0.5) is 0 Å². The molecule has 6 nitrogen and oxygen atoms in total. The van der Waals surface area contributed by atoms with Crippen LogP contribution in [0, 0.1) is 0 Å². The normalized spacial score (nSPS) is 15.7. The Morgan fingerprint density at radius 3 is 2.52 bits per heavy atom. The van der Waals surface area contributed by atoms with Gasteiger partial charge in [-0.3, -0.25) is 0 Å². The second-order valence-electron chi connectivity index (χ2n) is 5.64. The number of halogens is 1. The molecule has 0 radical (unpaired) electrons. The summed E-state index contributed by atoms with van der Waals surface area (Å²) in [7, 11) is -3.73. The number of ether oxygens (including phenoxy) is 1. The molecule has 0 aliphatic carbocycles. The first-order chi connectivity index (χ1) is 12.0. The molecule has 0 atom stereocenters. The number of rotatable bonds is 4. The zero-order valence-electron chi connectivity index (χ0n) is 13.4. The van der Waals surface area contributed by atoms with Gasteiger partial charge in [-0.2, -0.15) is 4.31 Å². The van der Waals surface area contributed by atoms with E-state index in [9.17, 15) is 13.2 Å². The molecule has 1 saturated heterocycles. The number of hydrogen-bond acceptors (Lipinski definition) is 5. The van der Waals surface area contributed by atoms with Gasteiger partial charge in [-0.25, -0.2) is 18.2 Å². The van der Waals surface area contributed by atoms with Crippen LogP contribution in [0.2, 0.25) is 0 Å². The van der Waals surface area contributed by atoms with Crippen molar-refractivity contribution in [2.45, 2.75) is 24.2 Å². The Labute approximate surface area is 155 Å². The van der Waals surface area contributed by atoms with Gasteiger partial charge in [-0.1, -0.05) is 18.6 Å². The second kappa shape index (κ2) is 7.63. The Kier molecular flexibility index (Phi) is 5.51. The summed E-state index contributed by atoms with van der Waals surface area (Å²) in [5, 5.41) is 0. The zero-order chi connectivity index (χ0) is 17.9. The highest BCUT2D eigenvalue weighted by molar-refractivity contribution is 9.10. The minimum atomic E-state index is -3.73. The number of carbonyl (C=O) groups excluding carboxylic acids is 1. The van der Waals surface area contributed by atoms with E-state index in [4.69, 9.17) is 4.74 Å². The highest BCUT2D eigenvalue weighted by Crippen LogP contribution is 2.26. The Balaban J connectivity index is 1.93. The fraction of sp³-hybridized carbons (Fsp3) is 0.294. The van der Waals surface area contributed by atoms with Gasteiger partial charge in [-0.15, -0.1) is 0 Å². The summed E-state index contributed by atoms with van der Waals surface area (Å²) in [6.07, 6.45) is 4.23. The lowest BCUT2D eigenvalue weighted by Gasteiger charge is -2.26. The van der Waals surface area contributed by atoms with Gasteiger partial charge in [0.1, 0.15) is 4.60 Å². The number of hydrogen-bond donors (Lipinski definition) is 0. The van der Waals surface area contributed by atoms with Crippen molar-refractivity contribution in [3.8, 4) is 5.75 Å². The van der Waals surface area contributed by atoms with E-state index in [2.05, 4.69) is 20.9 Å². The standard InChI is InChI=1S/C17H17BrN2O4S/c18-16-14(8-6-10-19-16)24-17(21)13-7-2-3-9-15(13)25(22,23)20-11-4-1-5-12-20/h2-3,6-10H,1,4-5,11-12H2. The Morgan fingerprint density at radius 1 is 1.08 bits per heavy atom. The highest BCUT2D eigenvalue weighted by Gasteiger charge is 2.30. The zero-order valence-corrected chi connectivity index (χ0v) is 15.8. The number of aromatic nitrogens is 1. The van der Waals surface area contributed by atoms with Gasteiger partial charge in [0.05, 0.1) is 10.5 Å². The maximum atomic E-state index is 12.9. The average Bonchev–Trinajstić information content (AvgIpc) is 2.64. The third kappa shape index (κ3) is 3.91. The number of carbonyl (C=O) groups is 1. The van der Waals surface area contributed by atoms with Crippen LogP contribution in [0.15, 0.2) is 52.1 Å². The number of nitrogens with zero attached hydrogens (tertiary/aromatic N) is 2. The van der Waals surface area contributed by atoms with Crippen LogP contribution in [0.5, 0.6) is 5.75 Å². The van der Waals surface area contributed by atoms with Gasteiger partial charge in [0.2, 0.25) is 10.0 Å². The van der Waals surface area contributed by atoms with Crippen molar-refractivity contribution in [1.82, 2.24) is 9.29 Å². The van der Waals surface area contributed by atoms with E-state index in [1.54, 1.807) is 30.5 Å². The fourth-order valence-electron chi connectivity index (χ4n) is 2.71. The van der Waals surface area contributed by atoms with Crippen LogP contribution < -0.4 is 4.74 Å². The molecule has 0 N–H and O–H groups in total. The number of benzene rings is 1. The Hall–Kier alpha value is -1.77. The predicted octanol–water partition coefficient (Wildman–Crippen LogP) is 3.24. The van der Waals surface area contributed by atoms with Crippen LogP contribution in [0.25, 0.3) is 0 Å². The quantitative estimate of drug-likeness (QED) is 0.555. The third-order valence-corrected chi connectivity index (χ3v) is 6.52. The first-order valence-corrected chi connectivity index (χ1v) is 10.2. The molecule has 8 heteroatoms. The van der Waals surface area contributed by atoms with Crippen LogP contribution in [0.3, 0.4) is 0 Å². The molecule has 2 aromatic rings. The van der Waals surface area contributed by atoms with Crippen molar-refractivity contribution in [3.05, 3.63) is 52.8 Å². The number of esters is 1. The maximum absolute atomic E-state index is 12.9. The summed E-state index contributed by atoms with van der Waals surface area (Å²) in [5.74, 6) is -0.498. The van der Waals surface area contributed by atoms with E-state index < -0.39 is 16.0 Å². The molecule has 0 spiro atoms. The number of sulfonamides is 1. The van der Waals surface area contributed by atoms with Crippen LogP contribution in [-0.4, -0.2) is 36.8 Å². The predicted molar refractivity (Wildman–Crippen MR) is 95.9 cm³/mol. The molecular formula is C17H17BrN2O4S. The van der Waals surface area contributed by atoms with Crippen molar-refractivity contribution in [3.63, 3.8) is 0 Å². The molecule has 1 aromatic heterocycles.